The number of nitrogens with zero attached hydrogens (tertiary/aromatic N) is 2. The van der Waals surface area contributed by atoms with Crippen molar-refractivity contribution in [2.45, 2.75) is 6.92 Å². The number of hydrogen-bond acceptors (Lipinski definition) is 6. The van der Waals surface area contributed by atoms with Gasteiger partial charge < -0.3 is 9.47 Å². The quantitative estimate of drug-likeness (QED) is 0.493. The van der Waals surface area contributed by atoms with Crippen LogP contribution in [0.2, 0.25) is 0 Å². The van der Waals surface area contributed by atoms with Gasteiger partial charge in [0, 0.05) is 23.3 Å². The minimum atomic E-state index is -0.527. The molecule has 0 bridgehead atoms. The van der Waals surface area contributed by atoms with E-state index in [9.17, 15) is 14.9 Å². The van der Waals surface area contributed by atoms with E-state index in [0.29, 0.717) is 17.2 Å². The van der Waals surface area contributed by atoms with Gasteiger partial charge in [-0.25, -0.2) is 5.43 Å². The molecule has 0 spiro atoms. The number of carbonyl (C=O) groups excluding carboxylic acids is 1. The normalized spacial score (nSPS) is 10.9. The molecule has 0 fully saturated rings. The zero-order valence-electron chi connectivity index (χ0n) is 14.0. The molecule has 130 valence electrons. The van der Waals surface area contributed by atoms with Crippen molar-refractivity contribution in [2.24, 2.45) is 5.10 Å². The Hall–Kier alpha value is -3.42. The Morgan fingerprint density at radius 3 is 2.20 bits per heavy atom. The number of non-ortho nitro benzene ring substituents is 1. The Morgan fingerprint density at radius 1 is 1.04 bits per heavy atom. The molecule has 2 aromatic rings. The van der Waals surface area contributed by atoms with Crippen LogP contribution in [0.15, 0.2) is 47.6 Å². The van der Waals surface area contributed by atoms with Gasteiger partial charge in [0.25, 0.3) is 11.6 Å². The van der Waals surface area contributed by atoms with Crippen LogP contribution in [0.5, 0.6) is 11.5 Å². The van der Waals surface area contributed by atoms with Crippen LogP contribution in [0.4, 0.5) is 5.69 Å². The van der Waals surface area contributed by atoms with Crippen LogP contribution in [0, 0.1) is 10.1 Å². The first kappa shape index (κ1) is 17.9. The minimum Gasteiger partial charge on any atom is -0.493 e. The smallest absolute Gasteiger partial charge is 0.271 e. The van der Waals surface area contributed by atoms with Gasteiger partial charge in [0.1, 0.15) is 0 Å². The van der Waals surface area contributed by atoms with Crippen molar-refractivity contribution in [3.63, 3.8) is 0 Å². The van der Waals surface area contributed by atoms with Crippen LogP contribution in [0.1, 0.15) is 22.8 Å². The number of rotatable bonds is 6. The number of nitrogens with one attached hydrogen (secondary N) is 1. The van der Waals surface area contributed by atoms with Gasteiger partial charge in [0.15, 0.2) is 11.5 Å². The molecule has 0 aliphatic rings. The van der Waals surface area contributed by atoms with E-state index in [2.05, 4.69) is 10.5 Å². The van der Waals surface area contributed by atoms with Gasteiger partial charge >= 0.3 is 0 Å². The first-order valence-electron chi connectivity index (χ1n) is 7.27. The number of ether oxygens (including phenoxy) is 2. The average Bonchev–Trinajstić information content (AvgIpc) is 2.65. The Balaban J connectivity index is 2.12. The summed E-state index contributed by atoms with van der Waals surface area (Å²) in [7, 11) is 3.08. The second-order valence-electron chi connectivity index (χ2n) is 5.01. The number of methoxy groups -OCH3 is 2. The Bertz CT molecular complexity index is 816. The van der Waals surface area contributed by atoms with Gasteiger partial charge in [-0.3, -0.25) is 14.9 Å². The molecular weight excluding hydrogens is 326 g/mol. The number of benzene rings is 2. The monoisotopic (exact) mass is 343 g/mol. The summed E-state index contributed by atoms with van der Waals surface area (Å²) in [6, 6.07) is 10.5. The van der Waals surface area contributed by atoms with E-state index in [1.54, 1.807) is 32.2 Å². The molecule has 2 rings (SSSR count). The molecule has 0 heterocycles. The van der Waals surface area contributed by atoms with Gasteiger partial charge in [-0.2, -0.15) is 5.10 Å². The van der Waals surface area contributed by atoms with Crippen molar-refractivity contribution in [2.75, 3.05) is 14.2 Å². The molecule has 1 N–H and O–H groups in total. The standard InChI is InChI=1S/C17H17N3O5/c1-11(13-6-9-15(24-2)16(10-13)25-3)18-19-17(21)12-4-7-14(8-5-12)20(22)23/h4-10H,1-3H3,(H,19,21). The number of amides is 1. The van der Waals surface area contributed by atoms with Crippen molar-refractivity contribution in [1.82, 2.24) is 5.43 Å². The van der Waals surface area contributed by atoms with Crippen molar-refractivity contribution in [3.8, 4) is 11.5 Å². The number of hydrazone groups is 1. The molecule has 0 aliphatic carbocycles. The van der Waals surface area contributed by atoms with E-state index < -0.39 is 10.8 Å². The Labute approximate surface area is 144 Å². The average molecular weight is 343 g/mol. The highest BCUT2D eigenvalue weighted by Gasteiger charge is 2.10. The topological polar surface area (TPSA) is 103 Å². The summed E-state index contributed by atoms with van der Waals surface area (Å²) in [4.78, 5) is 22.1. The molecular formula is C17H17N3O5. The largest absolute Gasteiger partial charge is 0.493 e. The van der Waals surface area contributed by atoms with Crippen LogP contribution in [0.25, 0.3) is 0 Å². The molecule has 2 aromatic carbocycles. The first-order valence-corrected chi connectivity index (χ1v) is 7.27. The molecule has 8 heteroatoms. The Kier molecular flexibility index (Phi) is 5.67. The van der Waals surface area contributed by atoms with Crippen LogP contribution in [-0.2, 0) is 0 Å². The lowest BCUT2D eigenvalue weighted by Crippen LogP contribution is -2.19. The predicted molar refractivity (Wildman–Crippen MR) is 92.3 cm³/mol. The van der Waals surface area contributed by atoms with E-state index in [1.165, 1.54) is 31.4 Å². The molecule has 0 saturated carbocycles. The highest BCUT2D eigenvalue weighted by Crippen LogP contribution is 2.27. The highest BCUT2D eigenvalue weighted by atomic mass is 16.6. The third-order valence-corrected chi connectivity index (χ3v) is 3.47. The van der Waals surface area contributed by atoms with Crippen molar-refractivity contribution < 1.29 is 19.2 Å². The lowest BCUT2D eigenvalue weighted by Gasteiger charge is -2.09. The molecule has 0 aromatic heterocycles. The second kappa shape index (κ2) is 7.91. The molecule has 0 radical (unpaired) electrons. The summed E-state index contributed by atoms with van der Waals surface area (Å²) < 4.78 is 10.4. The predicted octanol–water partition coefficient (Wildman–Crippen LogP) is 2.77. The summed E-state index contributed by atoms with van der Waals surface area (Å²) in [5, 5.41) is 14.7. The molecule has 0 aliphatic heterocycles. The SMILES string of the molecule is COc1ccc(C(C)=NNC(=O)c2ccc([N+](=O)[O-])cc2)cc1OC. The van der Waals surface area contributed by atoms with Gasteiger partial charge in [-0.15, -0.1) is 0 Å². The lowest BCUT2D eigenvalue weighted by atomic mass is 10.1. The van der Waals surface area contributed by atoms with Crippen molar-refractivity contribution in [1.29, 1.82) is 0 Å². The maximum absolute atomic E-state index is 12.1. The van der Waals surface area contributed by atoms with Gasteiger partial charge in [0.2, 0.25) is 0 Å². The van der Waals surface area contributed by atoms with Crippen molar-refractivity contribution in [3.05, 3.63) is 63.7 Å². The molecule has 8 nitrogen and oxygen atoms in total. The number of hydrogen-bond donors (Lipinski definition) is 1. The zero-order valence-corrected chi connectivity index (χ0v) is 14.0. The van der Waals surface area contributed by atoms with Crippen LogP contribution < -0.4 is 14.9 Å². The maximum Gasteiger partial charge on any atom is 0.271 e. The summed E-state index contributed by atoms with van der Waals surface area (Å²) >= 11 is 0. The summed E-state index contributed by atoms with van der Waals surface area (Å²) in [5.41, 5.74) is 3.93. The Morgan fingerprint density at radius 2 is 1.64 bits per heavy atom. The van der Waals surface area contributed by atoms with E-state index >= 15 is 0 Å². The third kappa shape index (κ3) is 4.31. The van der Waals surface area contributed by atoms with E-state index in [1.807, 2.05) is 0 Å². The summed E-state index contributed by atoms with van der Waals surface area (Å²) in [6.45, 7) is 1.73. The number of nitro benzene ring substituents is 1. The highest BCUT2D eigenvalue weighted by molar-refractivity contribution is 6.01. The zero-order chi connectivity index (χ0) is 18.4. The fourth-order valence-electron chi connectivity index (χ4n) is 2.06. The molecule has 25 heavy (non-hydrogen) atoms. The van der Waals surface area contributed by atoms with Crippen molar-refractivity contribution >= 4 is 17.3 Å². The number of nitro groups is 1. The molecule has 0 saturated heterocycles. The molecule has 1 amide bonds. The van der Waals surface area contributed by atoms with Crippen LogP contribution in [0.3, 0.4) is 0 Å². The fraction of sp³-hybridized carbons (Fsp3) is 0.176. The fourth-order valence-corrected chi connectivity index (χ4v) is 2.06. The molecule has 0 atom stereocenters. The third-order valence-electron chi connectivity index (χ3n) is 3.47. The van der Waals surface area contributed by atoms with Crippen LogP contribution in [-0.4, -0.2) is 30.8 Å². The van der Waals surface area contributed by atoms with Gasteiger partial charge in [-0.05, 0) is 37.3 Å². The molecule has 0 unspecified atom stereocenters. The first-order chi connectivity index (χ1) is 12.0. The summed E-state index contributed by atoms with van der Waals surface area (Å²) in [5.74, 6) is 0.680. The van der Waals surface area contributed by atoms with E-state index in [-0.39, 0.29) is 11.3 Å². The second-order valence-corrected chi connectivity index (χ2v) is 5.01. The van der Waals surface area contributed by atoms with E-state index in [4.69, 9.17) is 9.47 Å². The van der Waals surface area contributed by atoms with Crippen LogP contribution >= 0.6 is 0 Å². The van der Waals surface area contributed by atoms with E-state index in [0.717, 1.165) is 5.56 Å². The lowest BCUT2D eigenvalue weighted by molar-refractivity contribution is -0.384. The van der Waals surface area contributed by atoms with Gasteiger partial charge in [0.05, 0.1) is 24.9 Å². The van der Waals surface area contributed by atoms with Gasteiger partial charge in [-0.1, -0.05) is 0 Å². The summed E-state index contributed by atoms with van der Waals surface area (Å²) in [6.07, 6.45) is 0. The maximum atomic E-state index is 12.1. The number of carbonyl (C=O) groups is 1. The minimum absolute atomic E-state index is 0.0819.